The van der Waals surface area contributed by atoms with Crippen LogP contribution in [0.5, 0.6) is 0 Å². The molecule has 114 valence electrons. The topological polar surface area (TPSA) is 60.5 Å². The predicted octanol–water partition coefficient (Wildman–Crippen LogP) is 0.372. The fraction of sp³-hybridized carbons (Fsp3) is 0.571. The van der Waals surface area contributed by atoms with Crippen molar-refractivity contribution in [3.05, 3.63) is 22.8 Å². The zero-order chi connectivity index (χ0) is 14.7. The van der Waals surface area contributed by atoms with Crippen LogP contribution >= 0.6 is 15.9 Å². The number of aromatic nitrogens is 1. The molecule has 0 atom stereocenters. The van der Waals surface area contributed by atoms with Gasteiger partial charge in [-0.15, -0.1) is 0 Å². The van der Waals surface area contributed by atoms with Gasteiger partial charge in [0, 0.05) is 56.0 Å². The third kappa shape index (κ3) is 4.00. The molecule has 2 fully saturated rings. The molecule has 2 saturated heterocycles. The van der Waals surface area contributed by atoms with Crippen LogP contribution < -0.4 is 10.6 Å². The minimum atomic E-state index is 0.00332. The van der Waals surface area contributed by atoms with E-state index in [1.54, 1.807) is 12.3 Å². The first-order valence-electron chi connectivity index (χ1n) is 7.29. The quantitative estimate of drug-likeness (QED) is 0.818. The van der Waals surface area contributed by atoms with Crippen molar-refractivity contribution < 1.29 is 4.79 Å². The maximum absolute atomic E-state index is 12.0. The monoisotopic (exact) mass is 353 g/mol. The molecule has 21 heavy (non-hydrogen) atoms. The highest BCUT2D eigenvalue weighted by atomic mass is 79.9. The lowest BCUT2D eigenvalue weighted by Gasteiger charge is -2.46. The highest BCUT2D eigenvalue weighted by Crippen LogP contribution is 2.15. The molecule has 6 nitrogen and oxygen atoms in total. The number of halogens is 1. The number of nitrogens with one attached hydrogen (secondary N) is 2. The van der Waals surface area contributed by atoms with Crippen molar-refractivity contribution in [1.29, 1.82) is 0 Å². The molecule has 0 radical (unpaired) electrons. The van der Waals surface area contributed by atoms with Crippen LogP contribution in [0.15, 0.2) is 22.8 Å². The summed E-state index contributed by atoms with van der Waals surface area (Å²) in [4.78, 5) is 20.8. The summed E-state index contributed by atoms with van der Waals surface area (Å²) in [6.45, 7) is 6.81. The SMILES string of the molecule is O=C(CN1CC(N2CCNCC2)C1)Nc1ccc(Br)cn1. The lowest BCUT2D eigenvalue weighted by atomic mass is 10.1. The summed E-state index contributed by atoms with van der Waals surface area (Å²) in [5.41, 5.74) is 0. The van der Waals surface area contributed by atoms with Crippen LogP contribution in [-0.4, -0.2) is 72.5 Å². The first-order valence-corrected chi connectivity index (χ1v) is 8.08. The molecular formula is C14H20BrN5O. The average Bonchev–Trinajstić information content (AvgIpc) is 2.46. The van der Waals surface area contributed by atoms with E-state index >= 15 is 0 Å². The van der Waals surface area contributed by atoms with Crippen molar-refractivity contribution in [1.82, 2.24) is 20.1 Å². The summed E-state index contributed by atoms with van der Waals surface area (Å²) in [6.07, 6.45) is 1.68. The molecule has 0 unspecified atom stereocenters. The van der Waals surface area contributed by atoms with Gasteiger partial charge in [0.1, 0.15) is 5.82 Å². The molecule has 2 aliphatic rings. The van der Waals surface area contributed by atoms with Crippen LogP contribution in [0.2, 0.25) is 0 Å². The zero-order valence-electron chi connectivity index (χ0n) is 11.9. The largest absolute Gasteiger partial charge is 0.314 e. The summed E-state index contributed by atoms with van der Waals surface area (Å²) in [5.74, 6) is 0.603. The Balaban J connectivity index is 1.39. The number of carbonyl (C=O) groups is 1. The van der Waals surface area contributed by atoms with Crippen LogP contribution in [0.1, 0.15) is 0 Å². The number of anilines is 1. The molecule has 0 aromatic carbocycles. The molecule has 3 rings (SSSR count). The first-order chi connectivity index (χ1) is 10.2. The smallest absolute Gasteiger partial charge is 0.239 e. The van der Waals surface area contributed by atoms with Crippen LogP contribution in [0.25, 0.3) is 0 Å². The Morgan fingerprint density at radius 2 is 2.14 bits per heavy atom. The standard InChI is InChI=1S/C14H20BrN5O/c15-11-1-2-13(17-7-11)18-14(21)10-19-8-12(9-19)20-5-3-16-4-6-20/h1-2,7,12,16H,3-6,8-10H2,(H,17,18,21). The second kappa shape index (κ2) is 6.83. The summed E-state index contributed by atoms with van der Waals surface area (Å²) in [5, 5.41) is 6.19. The lowest BCUT2D eigenvalue weighted by Crippen LogP contribution is -2.63. The van der Waals surface area contributed by atoms with E-state index in [1.165, 1.54) is 0 Å². The van der Waals surface area contributed by atoms with Crippen molar-refractivity contribution in [2.45, 2.75) is 6.04 Å². The molecule has 2 aliphatic heterocycles. The summed E-state index contributed by atoms with van der Waals surface area (Å²) in [7, 11) is 0. The number of rotatable bonds is 4. The van der Waals surface area contributed by atoms with Gasteiger partial charge in [-0.2, -0.15) is 0 Å². The van der Waals surface area contributed by atoms with Crippen LogP contribution in [0.4, 0.5) is 5.82 Å². The molecular weight excluding hydrogens is 334 g/mol. The number of likely N-dealkylation sites (tertiary alicyclic amines) is 1. The third-order valence-electron chi connectivity index (χ3n) is 3.97. The fourth-order valence-corrected chi connectivity index (χ4v) is 3.02. The van der Waals surface area contributed by atoms with Gasteiger partial charge in [-0.3, -0.25) is 14.6 Å². The van der Waals surface area contributed by atoms with Crippen molar-refractivity contribution in [2.24, 2.45) is 0 Å². The van der Waals surface area contributed by atoms with Crippen LogP contribution in [0, 0.1) is 0 Å². The molecule has 0 spiro atoms. The average molecular weight is 354 g/mol. The van der Waals surface area contributed by atoms with E-state index in [9.17, 15) is 4.79 Å². The van der Waals surface area contributed by atoms with Crippen molar-refractivity contribution in [2.75, 3.05) is 51.1 Å². The summed E-state index contributed by atoms with van der Waals surface area (Å²) < 4.78 is 0.905. The first kappa shape index (κ1) is 14.9. The zero-order valence-corrected chi connectivity index (χ0v) is 13.5. The molecule has 0 aliphatic carbocycles. The van der Waals surface area contributed by atoms with Crippen LogP contribution in [-0.2, 0) is 4.79 Å². The van der Waals surface area contributed by atoms with Crippen LogP contribution in [0.3, 0.4) is 0 Å². The van der Waals surface area contributed by atoms with E-state index in [2.05, 4.69) is 41.3 Å². The van der Waals surface area contributed by atoms with E-state index in [0.717, 1.165) is 43.7 Å². The molecule has 1 aromatic rings. The van der Waals surface area contributed by atoms with Gasteiger partial charge in [-0.05, 0) is 28.1 Å². The molecule has 0 bridgehead atoms. The highest BCUT2D eigenvalue weighted by Gasteiger charge is 2.33. The van der Waals surface area contributed by atoms with E-state index in [1.807, 2.05) is 6.07 Å². The fourth-order valence-electron chi connectivity index (χ4n) is 2.79. The maximum atomic E-state index is 12.0. The second-order valence-corrected chi connectivity index (χ2v) is 6.46. The number of nitrogens with zero attached hydrogens (tertiary/aromatic N) is 3. The summed E-state index contributed by atoms with van der Waals surface area (Å²) >= 11 is 3.32. The van der Waals surface area contributed by atoms with Gasteiger partial charge >= 0.3 is 0 Å². The predicted molar refractivity (Wildman–Crippen MR) is 85.2 cm³/mol. The number of hydrogen-bond donors (Lipinski definition) is 2. The Hall–Kier alpha value is -1.02. The molecule has 0 saturated carbocycles. The molecule has 1 aromatic heterocycles. The maximum Gasteiger partial charge on any atom is 0.239 e. The minimum Gasteiger partial charge on any atom is -0.314 e. The Bertz CT molecular complexity index is 483. The number of piperazine rings is 1. The van der Waals surface area contributed by atoms with E-state index in [4.69, 9.17) is 0 Å². The van der Waals surface area contributed by atoms with Crippen molar-refractivity contribution in [3.8, 4) is 0 Å². The molecule has 2 N–H and O–H groups in total. The normalized spacial score (nSPS) is 21.0. The van der Waals surface area contributed by atoms with Gasteiger partial charge in [-0.1, -0.05) is 0 Å². The third-order valence-corrected chi connectivity index (χ3v) is 4.44. The van der Waals surface area contributed by atoms with Crippen molar-refractivity contribution in [3.63, 3.8) is 0 Å². The molecule has 3 heterocycles. The lowest BCUT2D eigenvalue weighted by molar-refractivity contribution is -0.119. The number of carbonyl (C=O) groups excluding carboxylic acids is 1. The molecule has 1 amide bonds. The van der Waals surface area contributed by atoms with Gasteiger partial charge < -0.3 is 10.6 Å². The van der Waals surface area contributed by atoms with Gasteiger partial charge in [0.15, 0.2) is 0 Å². The van der Waals surface area contributed by atoms with E-state index < -0.39 is 0 Å². The number of hydrogen-bond acceptors (Lipinski definition) is 5. The number of pyridine rings is 1. The summed E-state index contributed by atoms with van der Waals surface area (Å²) in [6, 6.07) is 4.28. The Morgan fingerprint density at radius 1 is 1.38 bits per heavy atom. The Kier molecular flexibility index (Phi) is 4.84. The molecule has 7 heteroatoms. The highest BCUT2D eigenvalue weighted by molar-refractivity contribution is 9.10. The minimum absolute atomic E-state index is 0.00332. The number of amides is 1. The second-order valence-electron chi connectivity index (χ2n) is 5.54. The van der Waals surface area contributed by atoms with E-state index in [-0.39, 0.29) is 5.91 Å². The Morgan fingerprint density at radius 3 is 2.81 bits per heavy atom. The van der Waals surface area contributed by atoms with Gasteiger partial charge in [-0.25, -0.2) is 4.98 Å². The van der Waals surface area contributed by atoms with E-state index in [0.29, 0.717) is 18.4 Å². The Labute approximate surface area is 133 Å². The van der Waals surface area contributed by atoms with Gasteiger partial charge in [0.25, 0.3) is 0 Å². The van der Waals surface area contributed by atoms with Crippen molar-refractivity contribution >= 4 is 27.7 Å². The van der Waals surface area contributed by atoms with Gasteiger partial charge in [0.2, 0.25) is 5.91 Å². The van der Waals surface area contributed by atoms with Gasteiger partial charge in [0.05, 0.1) is 6.54 Å².